The molecule has 0 aromatic carbocycles. The van der Waals surface area contributed by atoms with Crippen molar-refractivity contribution in [3.63, 3.8) is 0 Å². The van der Waals surface area contributed by atoms with Crippen LogP contribution < -0.4 is 9.64 Å². The number of aromatic nitrogens is 1. The lowest BCUT2D eigenvalue weighted by atomic mass is 10.1. The van der Waals surface area contributed by atoms with E-state index in [1.54, 1.807) is 12.5 Å². The monoisotopic (exact) mass is 317 g/mol. The summed E-state index contributed by atoms with van der Waals surface area (Å²) < 4.78 is 11.4. The molecule has 0 unspecified atom stereocenters. The number of hydrogen-bond donors (Lipinski definition) is 0. The van der Waals surface area contributed by atoms with Crippen LogP contribution in [0.25, 0.3) is 0 Å². The molecule has 1 saturated heterocycles. The van der Waals surface area contributed by atoms with Crippen molar-refractivity contribution in [1.82, 2.24) is 9.88 Å². The zero-order valence-corrected chi connectivity index (χ0v) is 13.7. The summed E-state index contributed by atoms with van der Waals surface area (Å²) in [5.74, 6) is 1.65. The average molecular weight is 317 g/mol. The molecule has 2 aliphatic heterocycles. The zero-order valence-electron chi connectivity index (χ0n) is 13.7. The molecule has 6 heteroatoms. The predicted molar refractivity (Wildman–Crippen MR) is 87.4 cm³/mol. The molecule has 2 aliphatic rings. The van der Waals surface area contributed by atoms with Gasteiger partial charge in [-0.2, -0.15) is 0 Å². The third-order valence-corrected chi connectivity index (χ3v) is 4.11. The van der Waals surface area contributed by atoms with Gasteiger partial charge < -0.3 is 19.3 Å². The topological polar surface area (TPSA) is 54.9 Å². The van der Waals surface area contributed by atoms with E-state index < -0.39 is 0 Å². The van der Waals surface area contributed by atoms with Gasteiger partial charge in [0, 0.05) is 33.3 Å². The number of pyridine rings is 1. The maximum atomic E-state index is 12.5. The molecule has 0 radical (unpaired) electrons. The van der Waals surface area contributed by atoms with Crippen LogP contribution in [-0.4, -0.2) is 55.7 Å². The summed E-state index contributed by atoms with van der Waals surface area (Å²) in [5, 5.41) is 0. The van der Waals surface area contributed by atoms with Crippen LogP contribution in [0.3, 0.4) is 0 Å². The minimum atomic E-state index is 0.00644. The lowest BCUT2D eigenvalue weighted by molar-refractivity contribution is -0.126. The molecule has 1 amide bonds. The lowest BCUT2D eigenvalue weighted by Gasteiger charge is -2.22. The van der Waals surface area contributed by atoms with Crippen molar-refractivity contribution in [1.29, 1.82) is 0 Å². The number of anilines is 1. The van der Waals surface area contributed by atoms with E-state index in [2.05, 4.69) is 4.98 Å². The van der Waals surface area contributed by atoms with Gasteiger partial charge in [-0.25, -0.2) is 4.98 Å². The van der Waals surface area contributed by atoms with Crippen LogP contribution in [0.15, 0.2) is 30.2 Å². The molecule has 0 aliphatic carbocycles. The molecule has 1 fully saturated rings. The second kappa shape index (κ2) is 6.89. The number of nitrogens with zero attached hydrogens (tertiary/aromatic N) is 3. The Bertz CT molecular complexity index is 601. The Kier molecular flexibility index (Phi) is 4.69. The van der Waals surface area contributed by atoms with Crippen LogP contribution in [0.1, 0.15) is 19.3 Å². The van der Waals surface area contributed by atoms with Gasteiger partial charge in [0.1, 0.15) is 6.10 Å². The first-order valence-corrected chi connectivity index (χ1v) is 8.04. The first kappa shape index (κ1) is 15.6. The van der Waals surface area contributed by atoms with Crippen molar-refractivity contribution in [2.24, 2.45) is 0 Å². The van der Waals surface area contributed by atoms with Gasteiger partial charge in [-0.05, 0) is 25.0 Å². The molecule has 0 N–H and O–H groups in total. The van der Waals surface area contributed by atoms with Crippen molar-refractivity contribution in [2.75, 3.05) is 38.7 Å². The van der Waals surface area contributed by atoms with Gasteiger partial charge in [0.05, 0.1) is 25.0 Å². The summed E-state index contributed by atoms with van der Waals surface area (Å²) in [6.07, 6.45) is 5.92. The Hall–Kier alpha value is -2.24. The van der Waals surface area contributed by atoms with Gasteiger partial charge >= 0.3 is 0 Å². The number of amides is 1. The number of likely N-dealkylation sites (tertiary alicyclic amines) is 1. The maximum Gasteiger partial charge on any atom is 0.252 e. The van der Waals surface area contributed by atoms with E-state index in [9.17, 15) is 4.79 Å². The highest BCUT2D eigenvalue weighted by atomic mass is 16.5. The highest BCUT2D eigenvalue weighted by molar-refractivity contribution is 5.93. The molecule has 3 rings (SSSR count). The van der Waals surface area contributed by atoms with Gasteiger partial charge in [0.25, 0.3) is 5.91 Å². The molecule has 0 spiro atoms. The number of carbonyl (C=O) groups excluding carboxylic acids is 1. The van der Waals surface area contributed by atoms with Gasteiger partial charge in [0.2, 0.25) is 0 Å². The van der Waals surface area contributed by atoms with Crippen molar-refractivity contribution < 1.29 is 14.3 Å². The van der Waals surface area contributed by atoms with Crippen molar-refractivity contribution in [3.8, 4) is 5.75 Å². The molecule has 1 aromatic heterocycles. The molecule has 6 nitrogen and oxygen atoms in total. The summed E-state index contributed by atoms with van der Waals surface area (Å²) in [5.41, 5.74) is 0.771. The molecule has 1 aromatic rings. The third kappa shape index (κ3) is 3.57. The van der Waals surface area contributed by atoms with E-state index >= 15 is 0 Å². The van der Waals surface area contributed by atoms with Crippen molar-refractivity contribution >= 4 is 11.7 Å². The van der Waals surface area contributed by atoms with Gasteiger partial charge in [-0.3, -0.25) is 4.79 Å². The second-order valence-electron chi connectivity index (χ2n) is 6.12. The summed E-state index contributed by atoms with van der Waals surface area (Å²) >= 11 is 0. The van der Waals surface area contributed by atoms with E-state index in [1.165, 1.54) is 0 Å². The fourth-order valence-corrected chi connectivity index (χ4v) is 2.92. The first-order valence-electron chi connectivity index (χ1n) is 8.04. The van der Waals surface area contributed by atoms with Crippen LogP contribution in [0.2, 0.25) is 0 Å². The second-order valence-corrected chi connectivity index (χ2v) is 6.12. The van der Waals surface area contributed by atoms with E-state index in [1.807, 2.05) is 36.0 Å². The summed E-state index contributed by atoms with van der Waals surface area (Å²) in [4.78, 5) is 20.6. The number of ether oxygens (including phenoxy) is 2. The molecule has 0 bridgehead atoms. The Balaban J connectivity index is 1.62. The minimum Gasteiger partial charge on any atom is -0.501 e. The smallest absolute Gasteiger partial charge is 0.252 e. The Morgan fingerprint density at radius 1 is 1.48 bits per heavy atom. The fourth-order valence-electron chi connectivity index (χ4n) is 2.92. The fraction of sp³-hybridized carbons (Fsp3) is 0.529. The van der Waals surface area contributed by atoms with E-state index in [4.69, 9.17) is 9.47 Å². The minimum absolute atomic E-state index is 0.00644. The first-order chi connectivity index (χ1) is 11.1. The molecule has 3 heterocycles. The molecule has 124 valence electrons. The normalized spacial score (nSPS) is 20.7. The van der Waals surface area contributed by atoms with Gasteiger partial charge in [0.15, 0.2) is 11.6 Å². The highest BCUT2D eigenvalue weighted by Gasteiger charge is 2.30. The maximum absolute atomic E-state index is 12.5. The third-order valence-electron chi connectivity index (χ3n) is 4.11. The van der Waals surface area contributed by atoms with Gasteiger partial charge in [-0.1, -0.05) is 0 Å². The van der Waals surface area contributed by atoms with Crippen LogP contribution >= 0.6 is 0 Å². The molecule has 0 saturated carbocycles. The Morgan fingerprint density at radius 3 is 3.09 bits per heavy atom. The Labute approximate surface area is 136 Å². The van der Waals surface area contributed by atoms with E-state index in [0.717, 1.165) is 42.9 Å². The number of hydrogen-bond acceptors (Lipinski definition) is 5. The summed E-state index contributed by atoms with van der Waals surface area (Å²) in [6, 6.07) is 3.79. The quantitative estimate of drug-likeness (QED) is 0.848. The zero-order chi connectivity index (χ0) is 16.2. The van der Waals surface area contributed by atoms with Crippen LogP contribution in [0, 0.1) is 0 Å². The molecular formula is C17H23N3O3. The van der Waals surface area contributed by atoms with Crippen molar-refractivity contribution in [2.45, 2.75) is 25.4 Å². The van der Waals surface area contributed by atoms with E-state index in [-0.39, 0.29) is 12.0 Å². The number of rotatable bonds is 4. The molecular weight excluding hydrogens is 294 g/mol. The summed E-state index contributed by atoms with van der Waals surface area (Å²) in [6.45, 7) is 2.03. The SMILES string of the molecule is CN(C)c1ncccc1O[C@H]1CCN(C(=O)C2=COCCC2)C1. The lowest BCUT2D eigenvalue weighted by Crippen LogP contribution is -2.32. The Morgan fingerprint density at radius 2 is 2.35 bits per heavy atom. The van der Waals surface area contributed by atoms with Gasteiger partial charge in [-0.15, -0.1) is 0 Å². The van der Waals surface area contributed by atoms with Crippen LogP contribution in [-0.2, 0) is 9.53 Å². The standard InChI is InChI=1S/C17H23N3O3/c1-19(2)16-15(6-3-8-18-16)23-14-7-9-20(11-14)17(21)13-5-4-10-22-12-13/h3,6,8,12,14H,4-5,7,9-11H2,1-2H3/t14-/m0/s1. The number of carbonyl (C=O) groups is 1. The van der Waals surface area contributed by atoms with Crippen molar-refractivity contribution in [3.05, 3.63) is 30.2 Å². The largest absolute Gasteiger partial charge is 0.501 e. The predicted octanol–water partition coefficient (Wildman–Crippen LogP) is 1.82. The molecule has 1 atom stereocenters. The summed E-state index contributed by atoms with van der Waals surface area (Å²) in [7, 11) is 3.88. The highest BCUT2D eigenvalue weighted by Crippen LogP contribution is 2.27. The average Bonchev–Trinajstić information content (AvgIpc) is 3.04. The van der Waals surface area contributed by atoms with Crippen LogP contribution in [0.5, 0.6) is 5.75 Å². The van der Waals surface area contributed by atoms with Crippen LogP contribution in [0.4, 0.5) is 5.82 Å². The molecule has 23 heavy (non-hydrogen) atoms. The van der Waals surface area contributed by atoms with E-state index in [0.29, 0.717) is 13.2 Å².